The number of carbonyl (C=O) groups is 2. The quantitative estimate of drug-likeness (QED) is 0.545. The van der Waals surface area contributed by atoms with Gasteiger partial charge in [-0.05, 0) is 56.5 Å². The first-order chi connectivity index (χ1) is 16.4. The molecule has 6 rings (SSSR count). The Labute approximate surface area is 196 Å². The van der Waals surface area contributed by atoms with Gasteiger partial charge >= 0.3 is 5.97 Å². The van der Waals surface area contributed by atoms with Gasteiger partial charge in [-0.3, -0.25) is 9.69 Å². The van der Waals surface area contributed by atoms with E-state index in [2.05, 4.69) is 20.4 Å². The first kappa shape index (κ1) is 21.4. The molecule has 1 aliphatic carbocycles. The number of ether oxygens (including phenoxy) is 1. The minimum Gasteiger partial charge on any atom is -0.456 e. The molecular weight excluding hydrogens is 439 g/mol. The number of tetrazole rings is 1. The second kappa shape index (κ2) is 7.69. The molecule has 0 atom stereocenters. The molecule has 10 heteroatoms. The van der Waals surface area contributed by atoms with Crippen LogP contribution >= 0.6 is 0 Å². The summed E-state index contributed by atoms with van der Waals surface area (Å²) in [6.07, 6.45) is 4.21. The molecule has 1 aromatic carbocycles. The van der Waals surface area contributed by atoms with Crippen LogP contribution in [-0.2, 0) is 27.4 Å². The number of esters is 1. The maximum absolute atomic E-state index is 15.3. The van der Waals surface area contributed by atoms with Gasteiger partial charge in [0.25, 0.3) is 0 Å². The minimum atomic E-state index is -0.351. The summed E-state index contributed by atoms with van der Waals surface area (Å²) in [5.41, 5.74) is 2.98. The molecule has 4 aliphatic rings. The lowest BCUT2D eigenvalue weighted by molar-refractivity contribution is -0.138. The Morgan fingerprint density at radius 3 is 2.76 bits per heavy atom. The van der Waals surface area contributed by atoms with E-state index in [9.17, 15) is 9.59 Å². The third-order valence-corrected chi connectivity index (χ3v) is 8.28. The fourth-order valence-electron chi connectivity index (χ4n) is 6.09. The number of fused-ring (bicyclic) bond motifs is 3. The number of nitrogens with zero attached hydrogens (tertiary/aromatic N) is 6. The average molecular weight is 467 g/mol. The highest BCUT2D eigenvalue weighted by Gasteiger charge is 2.50. The maximum Gasteiger partial charge on any atom is 0.336 e. The second-order valence-electron chi connectivity index (χ2n) is 10.0. The molecule has 1 saturated carbocycles. The summed E-state index contributed by atoms with van der Waals surface area (Å²) in [6, 6.07) is 4.03. The van der Waals surface area contributed by atoms with Crippen LogP contribution in [0.4, 0.5) is 4.39 Å². The molecule has 3 aliphatic heterocycles. The highest BCUT2D eigenvalue weighted by atomic mass is 19.1. The summed E-state index contributed by atoms with van der Waals surface area (Å²) in [5.74, 6) is 0.223. The van der Waals surface area contributed by atoms with E-state index in [4.69, 9.17) is 4.74 Å². The van der Waals surface area contributed by atoms with Gasteiger partial charge in [0, 0.05) is 35.8 Å². The molecule has 4 heterocycles. The van der Waals surface area contributed by atoms with E-state index in [1.807, 2.05) is 19.2 Å². The fourth-order valence-corrected chi connectivity index (χ4v) is 6.09. The number of carbonyl (C=O) groups excluding carboxylic acids is 2. The predicted molar refractivity (Wildman–Crippen MR) is 118 cm³/mol. The number of aromatic nitrogens is 4. The average Bonchev–Trinajstić information content (AvgIpc) is 3.58. The standard InChI is InChI=1S/C24H27FN6O3/c1-14-19(13-34-22(14)32)30-10-9-24(23(30)33)7-5-16(6-8-24)29(2)11-15-3-4-17-18(20(15)25)12-31-21(17)26-27-28-31/h3-4,16H,5-13H2,1-2H3/t16-,24-. The normalized spacial score (nSPS) is 26.1. The number of hydrogen-bond donors (Lipinski definition) is 0. The van der Waals surface area contributed by atoms with Crippen molar-refractivity contribution in [3.8, 4) is 11.4 Å². The van der Waals surface area contributed by atoms with Crippen LogP contribution in [0.2, 0.25) is 0 Å². The van der Waals surface area contributed by atoms with Gasteiger partial charge in [0.05, 0.1) is 23.2 Å². The zero-order chi connectivity index (χ0) is 23.6. The van der Waals surface area contributed by atoms with E-state index in [0.717, 1.165) is 43.4 Å². The van der Waals surface area contributed by atoms with Crippen LogP contribution in [0.5, 0.6) is 0 Å². The number of halogens is 1. The van der Waals surface area contributed by atoms with Crippen LogP contribution in [0, 0.1) is 11.2 Å². The Balaban J connectivity index is 1.11. The van der Waals surface area contributed by atoms with Gasteiger partial charge in [-0.15, -0.1) is 5.10 Å². The molecule has 9 nitrogen and oxygen atoms in total. The zero-order valence-corrected chi connectivity index (χ0v) is 19.4. The van der Waals surface area contributed by atoms with Crippen LogP contribution in [0.3, 0.4) is 0 Å². The third kappa shape index (κ3) is 3.11. The van der Waals surface area contributed by atoms with Crippen LogP contribution in [0.1, 0.15) is 50.2 Å². The van der Waals surface area contributed by atoms with Crippen LogP contribution in [0.25, 0.3) is 11.4 Å². The number of rotatable bonds is 4. The summed E-state index contributed by atoms with van der Waals surface area (Å²) in [7, 11) is 2.03. The summed E-state index contributed by atoms with van der Waals surface area (Å²) in [5, 5.41) is 11.6. The van der Waals surface area contributed by atoms with Gasteiger partial charge in [-0.2, -0.15) is 0 Å². The number of cyclic esters (lactones) is 1. The van der Waals surface area contributed by atoms with Crippen molar-refractivity contribution in [1.29, 1.82) is 0 Å². The lowest BCUT2D eigenvalue weighted by Gasteiger charge is -2.39. The fraction of sp³-hybridized carbons (Fsp3) is 0.542. The van der Waals surface area contributed by atoms with Gasteiger partial charge < -0.3 is 9.64 Å². The lowest BCUT2D eigenvalue weighted by Crippen LogP contribution is -2.42. The van der Waals surface area contributed by atoms with Gasteiger partial charge in [-0.1, -0.05) is 12.1 Å². The van der Waals surface area contributed by atoms with Crippen LogP contribution in [-0.4, -0.2) is 68.1 Å². The number of hydrogen-bond acceptors (Lipinski definition) is 7. The summed E-state index contributed by atoms with van der Waals surface area (Å²) >= 11 is 0. The van der Waals surface area contributed by atoms with Crippen molar-refractivity contribution in [2.24, 2.45) is 5.41 Å². The summed E-state index contributed by atoms with van der Waals surface area (Å²) in [6.45, 7) is 3.44. The molecule has 0 unspecified atom stereocenters. The topological polar surface area (TPSA) is 93.5 Å². The number of likely N-dealkylation sites (tertiary alicyclic amines) is 1. The molecule has 178 valence electrons. The van der Waals surface area contributed by atoms with Crippen molar-refractivity contribution in [2.45, 2.75) is 58.2 Å². The van der Waals surface area contributed by atoms with Gasteiger partial charge in [-0.25, -0.2) is 13.9 Å². The number of benzene rings is 1. The Bertz CT molecular complexity index is 1230. The van der Waals surface area contributed by atoms with Crippen LogP contribution < -0.4 is 0 Å². The van der Waals surface area contributed by atoms with E-state index in [0.29, 0.717) is 48.2 Å². The monoisotopic (exact) mass is 466 g/mol. The smallest absolute Gasteiger partial charge is 0.336 e. The largest absolute Gasteiger partial charge is 0.456 e. The second-order valence-corrected chi connectivity index (χ2v) is 10.0. The van der Waals surface area contributed by atoms with Crippen molar-refractivity contribution in [2.75, 3.05) is 20.2 Å². The minimum absolute atomic E-state index is 0.131. The molecular formula is C24H27FN6O3. The van der Waals surface area contributed by atoms with Crippen molar-refractivity contribution in [3.63, 3.8) is 0 Å². The van der Waals surface area contributed by atoms with E-state index in [1.54, 1.807) is 16.5 Å². The van der Waals surface area contributed by atoms with E-state index in [-0.39, 0.29) is 29.7 Å². The van der Waals surface area contributed by atoms with Gasteiger partial charge in [0.1, 0.15) is 12.4 Å². The first-order valence-corrected chi connectivity index (χ1v) is 11.8. The molecule has 0 radical (unpaired) electrons. The molecule has 2 aromatic rings. The lowest BCUT2D eigenvalue weighted by atomic mass is 9.71. The molecule has 1 aromatic heterocycles. The predicted octanol–water partition coefficient (Wildman–Crippen LogP) is 2.26. The zero-order valence-electron chi connectivity index (χ0n) is 19.4. The molecule has 1 spiro atoms. The summed E-state index contributed by atoms with van der Waals surface area (Å²) in [4.78, 5) is 29.1. The molecule has 1 saturated heterocycles. The molecule has 0 N–H and O–H groups in total. The maximum atomic E-state index is 15.3. The van der Waals surface area contributed by atoms with E-state index < -0.39 is 0 Å². The van der Waals surface area contributed by atoms with Crippen molar-refractivity contribution in [3.05, 3.63) is 40.3 Å². The van der Waals surface area contributed by atoms with Gasteiger partial charge in [0.2, 0.25) is 5.91 Å². The molecule has 34 heavy (non-hydrogen) atoms. The molecule has 1 amide bonds. The van der Waals surface area contributed by atoms with Crippen molar-refractivity contribution >= 4 is 11.9 Å². The highest BCUT2D eigenvalue weighted by molar-refractivity contribution is 5.94. The van der Waals surface area contributed by atoms with Crippen LogP contribution in [0.15, 0.2) is 23.4 Å². The van der Waals surface area contributed by atoms with E-state index >= 15 is 4.39 Å². The van der Waals surface area contributed by atoms with Crippen molar-refractivity contribution < 1.29 is 18.7 Å². The Morgan fingerprint density at radius 1 is 1.24 bits per heavy atom. The van der Waals surface area contributed by atoms with Gasteiger partial charge in [0.15, 0.2) is 5.82 Å². The third-order valence-electron chi connectivity index (χ3n) is 8.28. The SMILES string of the molecule is CC1=C(N2CC[C@]3(CC[C@@H](N(C)Cc4ccc5c(c4F)Cn4nnnc4-5)CC3)C2=O)COC1=O. The summed E-state index contributed by atoms with van der Waals surface area (Å²) < 4.78 is 22.0. The van der Waals surface area contributed by atoms with Crippen molar-refractivity contribution in [1.82, 2.24) is 30.0 Å². The van der Waals surface area contributed by atoms with E-state index in [1.165, 1.54) is 0 Å². The highest BCUT2D eigenvalue weighted by Crippen LogP contribution is 2.47. The molecule has 0 bridgehead atoms. The Morgan fingerprint density at radius 2 is 2.03 bits per heavy atom. The Kier molecular flexibility index (Phi) is 4.84. The first-order valence-electron chi connectivity index (χ1n) is 11.8. The Hall–Kier alpha value is -3.14. The number of amides is 1. The molecule has 2 fully saturated rings.